The van der Waals surface area contributed by atoms with Gasteiger partial charge in [-0.15, -0.1) is 0 Å². The van der Waals surface area contributed by atoms with Crippen LogP contribution >= 0.6 is 0 Å². The minimum atomic E-state index is -1.33. The average molecular weight is 471 g/mol. The molecule has 9 heteroatoms. The minimum absolute atomic E-state index is 0.00827. The number of benzene rings is 1. The predicted octanol–water partition coefficient (Wildman–Crippen LogP) is 3.85. The van der Waals surface area contributed by atoms with Gasteiger partial charge in [-0.3, -0.25) is 19.2 Å². The molecule has 8 nitrogen and oxygen atoms in total. The number of anilines is 1. The van der Waals surface area contributed by atoms with Crippen LogP contribution in [0.15, 0.2) is 30.3 Å². The van der Waals surface area contributed by atoms with Gasteiger partial charge in [-0.05, 0) is 51.0 Å². The Morgan fingerprint density at radius 3 is 2.44 bits per heavy atom. The molecular formula is C25H31FN4O4. The number of hydrogen-bond acceptors (Lipinski definition) is 5. The Bertz CT molecular complexity index is 1060. The van der Waals surface area contributed by atoms with Crippen LogP contribution in [0.2, 0.25) is 0 Å². The van der Waals surface area contributed by atoms with Crippen LogP contribution in [0, 0.1) is 5.82 Å². The zero-order valence-corrected chi connectivity index (χ0v) is 19.7. The largest absolute Gasteiger partial charge is 0.461 e. The molecule has 0 spiro atoms. The van der Waals surface area contributed by atoms with Crippen molar-refractivity contribution in [1.29, 1.82) is 0 Å². The predicted molar refractivity (Wildman–Crippen MR) is 124 cm³/mol. The lowest BCUT2D eigenvalue weighted by atomic mass is 9.91. The third-order valence-corrected chi connectivity index (χ3v) is 6.65. The highest BCUT2D eigenvalue weighted by Crippen LogP contribution is 2.33. The van der Waals surface area contributed by atoms with E-state index in [2.05, 4.69) is 10.4 Å². The van der Waals surface area contributed by atoms with Crippen molar-refractivity contribution in [3.8, 4) is 0 Å². The van der Waals surface area contributed by atoms with Crippen LogP contribution in [0.3, 0.4) is 0 Å². The fourth-order valence-electron chi connectivity index (χ4n) is 4.82. The molecule has 2 aliphatic rings. The molecule has 1 fully saturated rings. The minimum Gasteiger partial charge on any atom is -0.461 e. The van der Waals surface area contributed by atoms with Crippen LogP contribution in [-0.2, 0) is 16.1 Å². The molecule has 1 aromatic heterocycles. The Labute approximate surface area is 198 Å². The number of hydrogen-bond donors (Lipinski definition) is 1. The summed E-state index contributed by atoms with van der Waals surface area (Å²) in [5, 5.41) is 7.44. The van der Waals surface area contributed by atoms with Gasteiger partial charge in [0.05, 0.1) is 13.2 Å². The average Bonchev–Trinajstić information content (AvgIpc) is 3.21. The maximum atomic E-state index is 13.7. The molecule has 1 aliphatic carbocycles. The van der Waals surface area contributed by atoms with E-state index in [0.717, 1.165) is 38.5 Å². The molecule has 1 saturated carbocycles. The lowest BCUT2D eigenvalue weighted by Gasteiger charge is -2.43. The third-order valence-electron chi connectivity index (χ3n) is 6.65. The Morgan fingerprint density at radius 2 is 1.79 bits per heavy atom. The highest BCUT2D eigenvalue weighted by Gasteiger charge is 2.49. The van der Waals surface area contributed by atoms with E-state index < -0.39 is 23.2 Å². The summed E-state index contributed by atoms with van der Waals surface area (Å²) in [5.74, 6) is -1.86. The van der Waals surface area contributed by atoms with Crippen LogP contribution in [0.1, 0.15) is 79.8 Å². The number of rotatable bonds is 5. The third kappa shape index (κ3) is 4.69. The molecule has 34 heavy (non-hydrogen) atoms. The van der Waals surface area contributed by atoms with E-state index in [1.54, 1.807) is 13.8 Å². The summed E-state index contributed by atoms with van der Waals surface area (Å²) in [5.41, 5.74) is -0.758. The number of ether oxygens (including phenoxy) is 1. The zero-order valence-electron chi connectivity index (χ0n) is 19.7. The number of carbonyl (C=O) groups is 3. The van der Waals surface area contributed by atoms with Crippen LogP contribution in [0.25, 0.3) is 0 Å². The lowest BCUT2D eigenvalue weighted by Crippen LogP contribution is -2.65. The van der Waals surface area contributed by atoms with Gasteiger partial charge in [0, 0.05) is 17.8 Å². The lowest BCUT2D eigenvalue weighted by molar-refractivity contribution is -0.127. The summed E-state index contributed by atoms with van der Waals surface area (Å²) in [4.78, 5) is 41.0. The quantitative estimate of drug-likeness (QED) is 0.670. The second kappa shape index (κ2) is 9.95. The van der Waals surface area contributed by atoms with E-state index >= 15 is 0 Å². The number of halogens is 1. The maximum absolute atomic E-state index is 13.7. The Hall–Kier alpha value is -3.23. The molecule has 4 rings (SSSR count). The van der Waals surface area contributed by atoms with Crippen molar-refractivity contribution in [2.75, 3.05) is 11.5 Å². The zero-order chi connectivity index (χ0) is 24.3. The van der Waals surface area contributed by atoms with Crippen molar-refractivity contribution in [3.05, 3.63) is 47.5 Å². The molecule has 1 atom stereocenters. The van der Waals surface area contributed by atoms with Crippen molar-refractivity contribution in [3.63, 3.8) is 0 Å². The molecule has 0 bridgehead atoms. The number of nitrogens with one attached hydrogen (secondary N) is 1. The van der Waals surface area contributed by atoms with Gasteiger partial charge in [-0.1, -0.05) is 32.1 Å². The van der Waals surface area contributed by atoms with Crippen molar-refractivity contribution in [1.82, 2.24) is 15.1 Å². The van der Waals surface area contributed by atoms with Crippen LogP contribution < -0.4 is 10.2 Å². The number of nitrogens with zero attached hydrogens (tertiary/aromatic N) is 3. The number of fused-ring (bicyclic) bond motifs is 1. The topological polar surface area (TPSA) is 93.5 Å². The number of carbonyl (C=O) groups excluding carboxylic acids is 3. The Morgan fingerprint density at radius 1 is 1.15 bits per heavy atom. The van der Waals surface area contributed by atoms with Gasteiger partial charge >= 0.3 is 5.97 Å². The summed E-state index contributed by atoms with van der Waals surface area (Å²) in [6, 6.07) is 6.88. The van der Waals surface area contributed by atoms with Crippen molar-refractivity contribution >= 4 is 23.5 Å². The second-order valence-electron chi connectivity index (χ2n) is 9.20. The maximum Gasteiger partial charge on any atom is 0.358 e. The molecule has 1 N–H and O–H groups in total. The Kier molecular flexibility index (Phi) is 7.00. The first-order chi connectivity index (χ1) is 16.3. The van der Waals surface area contributed by atoms with Crippen molar-refractivity contribution < 1.29 is 23.5 Å². The molecule has 2 amide bonds. The van der Waals surface area contributed by atoms with E-state index in [-0.39, 0.29) is 36.5 Å². The normalized spacial score (nSPS) is 21.4. The molecule has 182 valence electrons. The molecule has 1 aliphatic heterocycles. The van der Waals surface area contributed by atoms with Gasteiger partial charge in [0.1, 0.15) is 17.1 Å². The van der Waals surface area contributed by atoms with Crippen molar-refractivity contribution in [2.45, 2.75) is 76.9 Å². The monoisotopic (exact) mass is 470 g/mol. The smallest absolute Gasteiger partial charge is 0.358 e. The van der Waals surface area contributed by atoms with Gasteiger partial charge in [-0.25, -0.2) is 9.18 Å². The second-order valence-corrected chi connectivity index (χ2v) is 9.20. The molecule has 0 radical (unpaired) electrons. The van der Waals surface area contributed by atoms with Gasteiger partial charge < -0.3 is 10.1 Å². The molecule has 2 heterocycles. The first-order valence-electron chi connectivity index (χ1n) is 12.0. The van der Waals surface area contributed by atoms with Gasteiger partial charge in [0.25, 0.3) is 5.91 Å². The summed E-state index contributed by atoms with van der Waals surface area (Å²) in [6.07, 6.45) is 7.41. The SMILES string of the molecule is CCOC(=O)c1cc2n(n1)C[C@](C)(C(=O)NC1CCCCCCC1)N(c1ccc(F)cc1)C2=O. The van der Waals surface area contributed by atoms with Gasteiger partial charge in [0.15, 0.2) is 5.69 Å². The highest BCUT2D eigenvalue weighted by atomic mass is 19.1. The molecule has 1 aromatic carbocycles. The molecular weight excluding hydrogens is 439 g/mol. The van der Waals surface area contributed by atoms with Gasteiger partial charge in [-0.2, -0.15) is 5.10 Å². The molecule has 0 saturated heterocycles. The van der Waals surface area contributed by atoms with E-state index in [0.29, 0.717) is 5.69 Å². The number of amides is 2. The van der Waals surface area contributed by atoms with Crippen LogP contribution in [-0.4, -0.2) is 45.8 Å². The summed E-state index contributed by atoms with van der Waals surface area (Å²) < 4.78 is 20.1. The van der Waals surface area contributed by atoms with E-state index in [1.165, 1.54) is 46.3 Å². The fraction of sp³-hybridized carbons (Fsp3) is 0.520. The first kappa shape index (κ1) is 23.9. The Balaban J connectivity index is 1.70. The summed E-state index contributed by atoms with van der Waals surface area (Å²) in [6.45, 7) is 3.59. The first-order valence-corrected chi connectivity index (χ1v) is 12.0. The fourth-order valence-corrected chi connectivity index (χ4v) is 4.82. The van der Waals surface area contributed by atoms with Crippen LogP contribution in [0.4, 0.5) is 10.1 Å². The standard InChI is InChI=1S/C25H31FN4O4/c1-3-34-23(32)20-15-21-22(31)30(19-13-11-17(26)12-14-19)25(2,16-29(21)28-20)24(33)27-18-9-7-5-4-6-8-10-18/h11-15,18H,3-10,16H2,1-2H3,(H,27,33)/t25-/m1/s1. The number of aromatic nitrogens is 2. The van der Waals surface area contributed by atoms with E-state index in [9.17, 15) is 18.8 Å². The van der Waals surface area contributed by atoms with E-state index in [4.69, 9.17) is 4.74 Å². The summed E-state index contributed by atoms with van der Waals surface area (Å²) in [7, 11) is 0. The molecule has 0 unspecified atom stereocenters. The summed E-state index contributed by atoms with van der Waals surface area (Å²) >= 11 is 0. The van der Waals surface area contributed by atoms with E-state index in [1.807, 2.05) is 0 Å². The van der Waals surface area contributed by atoms with Gasteiger partial charge in [0.2, 0.25) is 5.91 Å². The van der Waals surface area contributed by atoms with Crippen molar-refractivity contribution in [2.24, 2.45) is 0 Å². The number of esters is 1. The molecule has 2 aromatic rings. The van der Waals surface area contributed by atoms with Crippen LogP contribution in [0.5, 0.6) is 0 Å². The highest BCUT2D eigenvalue weighted by molar-refractivity contribution is 6.12.